The molecule has 22 heavy (non-hydrogen) atoms. The van der Waals surface area contributed by atoms with Crippen LogP contribution in [0, 0.1) is 10.1 Å². The first-order valence-electron chi connectivity index (χ1n) is 7.65. The summed E-state index contributed by atoms with van der Waals surface area (Å²) in [4.78, 5) is 22.3. The molecule has 0 aromatic heterocycles. The molecular weight excluding hydrogens is 284 g/mol. The lowest BCUT2D eigenvalue weighted by molar-refractivity contribution is -0.384. The zero-order chi connectivity index (χ0) is 16.1. The quantitative estimate of drug-likeness (QED) is 0.646. The van der Waals surface area contributed by atoms with Crippen molar-refractivity contribution >= 4 is 11.6 Å². The maximum absolute atomic E-state index is 12.0. The Hall–Kier alpha value is -1.95. The van der Waals surface area contributed by atoms with Crippen molar-refractivity contribution in [3.8, 4) is 0 Å². The first-order chi connectivity index (χ1) is 10.5. The molecule has 6 nitrogen and oxygen atoms in total. The highest BCUT2D eigenvalue weighted by atomic mass is 16.6. The molecule has 1 aromatic carbocycles. The van der Waals surface area contributed by atoms with Crippen molar-refractivity contribution in [2.45, 2.75) is 57.8 Å². The minimum Gasteiger partial charge on any atom is -0.375 e. The van der Waals surface area contributed by atoms with Crippen LogP contribution < -0.4 is 5.32 Å². The number of rotatable bonds is 6. The van der Waals surface area contributed by atoms with E-state index >= 15 is 0 Å². The molecule has 0 spiro atoms. The van der Waals surface area contributed by atoms with Crippen LogP contribution in [0.5, 0.6) is 0 Å². The van der Waals surface area contributed by atoms with Crippen LogP contribution in [-0.4, -0.2) is 23.0 Å². The van der Waals surface area contributed by atoms with Gasteiger partial charge in [0.1, 0.15) is 0 Å². The highest BCUT2D eigenvalue weighted by Crippen LogP contribution is 2.23. The Kier molecular flexibility index (Phi) is 5.49. The van der Waals surface area contributed by atoms with E-state index in [0.717, 1.165) is 24.8 Å². The first-order valence-corrected chi connectivity index (χ1v) is 7.65. The van der Waals surface area contributed by atoms with Crippen LogP contribution in [0.2, 0.25) is 0 Å². The average Bonchev–Trinajstić information content (AvgIpc) is 2.91. The second kappa shape index (κ2) is 7.35. The zero-order valence-corrected chi connectivity index (χ0v) is 13.0. The summed E-state index contributed by atoms with van der Waals surface area (Å²) in [5.41, 5.74) is 0.764. The lowest BCUT2D eigenvalue weighted by atomic mass is 10.1. The lowest BCUT2D eigenvalue weighted by Gasteiger charge is -2.15. The molecule has 3 atom stereocenters. The van der Waals surface area contributed by atoms with Gasteiger partial charge in [-0.2, -0.15) is 0 Å². The molecule has 1 amide bonds. The summed E-state index contributed by atoms with van der Waals surface area (Å²) in [6.07, 6.45) is 3.66. The topological polar surface area (TPSA) is 81.5 Å². The largest absolute Gasteiger partial charge is 0.375 e. The maximum Gasteiger partial charge on any atom is 0.269 e. The van der Waals surface area contributed by atoms with Gasteiger partial charge < -0.3 is 10.1 Å². The van der Waals surface area contributed by atoms with E-state index in [-0.39, 0.29) is 29.8 Å². The van der Waals surface area contributed by atoms with E-state index in [1.165, 1.54) is 12.1 Å². The number of carbonyl (C=O) groups excluding carboxylic acids is 1. The van der Waals surface area contributed by atoms with Gasteiger partial charge >= 0.3 is 0 Å². The molecular formula is C16H22N2O4. The standard InChI is InChI=1S/C16H22N2O4/c1-11-6-7-15(22-11)8-9-16(19)17-12(2)13-4-3-5-14(10-13)18(20)21/h3-5,10-12,15H,6-9H2,1-2H3,(H,17,19)/t11-,12-,15+/m1/s1. The van der Waals surface area contributed by atoms with Crippen molar-refractivity contribution in [2.75, 3.05) is 0 Å². The zero-order valence-electron chi connectivity index (χ0n) is 13.0. The predicted octanol–water partition coefficient (Wildman–Crippen LogP) is 3.12. The molecule has 1 aliphatic rings. The van der Waals surface area contributed by atoms with Crippen molar-refractivity contribution < 1.29 is 14.5 Å². The Morgan fingerprint density at radius 2 is 2.27 bits per heavy atom. The van der Waals surface area contributed by atoms with Gasteiger partial charge in [-0.1, -0.05) is 12.1 Å². The van der Waals surface area contributed by atoms with E-state index < -0.39 is 4.92 Å². The summed E-state index contributed by atoms with van der Waals surface area (Å²) in [6.45, 7) is 3.87. The van der Waals surface area contributed by atoms with Crippen molar-refractivity contribution in [1.82, 2.24) is 5.32 Å². The van der Waals surface area contributed by atoms with E-state index in [4.69, 9.17) is 4.74 Å². The summed E-state index contributed by atoms with van der Waals surface area (Å²) in [5, 5.41) is 13.7. The number of non-ortho nitro benzene ring substituents is 1. The number of nitro groups is 1. The average molecular weight is 306 g/mol. The van der Waals surface area contributed by atoms with Crippen molar-refractivity contribution in [2.24, 2.45) is 0 Å². The number of nitrogens with zero attached hydrogens (tertiary/aromatic N) is 1. The molecule has 0 bridgehead atoms. The Bertz CT molecular complexity index is 547. The summed E-state index contributed by atoms with van der Waals surface area (Å²) in [7, 11) is 0. The van der Waals surface area contributed by atoms with E-state index in [0.29, 0.717) is 6.42 Å². The van der Waals surface area contributed by atoms with Crippen LogP contribution in [-0.2, 0) is 9.53 Å². The molecule has 0 radical (unpaired) electrons. The molecule has 1 aliphatic heterocycles. The third kappa shape index (κ3) is 4.53. The fourth-order valence-corrected chi connectivity index (χ4v) is 2.69. The Morgan fingerprint density at radius 3 is 2.91 bits per heavy atom. The van der Waals surface area contributed by atoms with Gasteiger partial charge in [0, 0.05) is 18.6 Å². The lowest BCUT2D eigenvalue weighted by Crippen LogP contribution is -2.27. The molecule has 1 N–H and O–H groups in total. The summed E-state index contributed by atoms with van der Waals surface area (Å²) < 4.78 is 5.69. The first kappa shape index (κ1) is 16.4. The van der Waals surface area contributed by atoms with Crippen molar-refractivity contribution in [3.63, 3.8) is 0 Å². The molecule has 1 heterocycles. The molecule has 0 saturated carbocycles. The third-order valence-corrected chi connectivity index (χ3v) is 3.97. The molecule has 6 heteroatoms. The van der Waals surface area contributed by atoms with Gasteiger partial charge in [-0.3, -0.25) is 14.9 Å². The Morgan fingerprint density at radius 1 is 1.50 bits per heavy atom. The highest BCUT2D eigenvalue weighted by molar-refractivity contribution is 5.76. The second-order valence-electron chi connectivity index (χ2n) is 5.83. The van der Waals surface area contributed by atoms with Crippen LogP contribution in [0.3, 0.4) is 0 Å². The number of carbonyl (C=O) groups is 1. The number of nitro benzene ring substituents is 1. The maximum atomic E-state index is 12.0. The van der Waals surface area contributed by atoms with Gasteiger partial charge in [0.05, 0.1) is 23.2 Å². The number of ether oxygens (including phenoxy) is 1. The van der Waals surface area contributed by atoms with Crippen LogP contribution in [0.15, 0.2) is 24.3 Å². The molecule has 2 rings (SSSR count). The van der Waals surface area contributed by atoms with Crippen LogP contribution >= 0.6 is 0 Å². The van der Waals surface area contributed by atoms with Gasteiger partial charge in [-0.05, 0) is 38.7 Å². The van der Waals surface area contributed by atoms with E-state index in [1.54, 1.807) is 12.1 Å². The molecule has 1 saturated heterocycles. The minimum absolute atomic E-state index is 0.0342. The van der Waals surface area contributed by atoms with Crippen molar-refractivity contribution in [1.29, 1.82) is 0 Å². The fourth-order valence-electron chi connectivity index (χ4n) is 2.69. The van der Waals surface area contributed by atoms with Crippen molar-refractivity contribution in [3.05, 3.63) is 39.9 Å². The summed E-state index contributed by atoms with van der Waals surface area (Å²) in [6, 6.07) is 6.09. The van der Waals surface area contributed by atoms with E-state index in [9.17, 15) is 14.9 Å². The number of nitrogens with one attached hydrogen (secondary N) is 1. The fraction of sp³-hybridized carbons (Fsp3) is 0.562. The van der Waals surface area contributed by atoms with Gasteiger partial charge in [-0.15, -0.1) is 0 Å². The molecule has 0 aliphatic carbocycles. The normalized spacial score (nSPS) is 22.3. The third-order valence-electron chi connectivity index (χ3n) is 3.97. The monoisotopic (exact) mass is 306 g/mol. The van der Waals surface area contributed by atoms with Crippen LogP contribution in [0.1, 0.15) is 51.1 Å². The minimum atomic E-state index is -0.434. The smallest absolute Gasteiger partial charge is 0.269 e. The molecule has 0 unspecified atom stereocenters. The predicted molar refractivity (Wildman–Crippen MR) is 82.5 cm³/mol. The Balaban J connectivity index is 1.83. The number of hydrogen-bond acceptors (Lipinski definition) is 4. The summed E-state index contributed by atoms with van der Waals surface area (Å²) in [5.74, 6) is -0.0536. The van der Waals surface area contributed by atoms with E-state index in [2.05, 4.69) is 5.32 Å². The SMILES string of the molecule is C[C@@H]1CC[C@@H](CCC(=O)N[C@H](C)c2cccc([N+](=O)[O-])c2)O1. The number of hydrogen-bond donors (Lipinski definition) is 1. The van der Waals surface area contributed by atoms with Gasteiger partial charge in [0.25, 0.3) is 5.69 Å². The number of benzene rings is 1. The van der Waals surface area contributed by atoms with Crippen LogP contribution in [0.4, 0.5) is 5.69 Å². The van der Waals surface area contributed by atoms with Gasteiger partial charge in [-0.25, -0.2) is 0 Å². The second-order valence-corrected chi connectivity index (χ2v) is 5.83. The highest BCUT2D eigenvalue weighted by Gasteiger charge is 2.22. The van der Waals surface area contributed by atoms with Crippen LogP contribution in [0.25, 0.3) is 0 Å². The molecule has 120 valence electrons. The van der Waals surface area contributed by atoms with Gasteiger partial charge in [0.2, 0.25) is 5.91 Å². The van der Waals surface area contributed by atoms with Gasteiger partial charge in [0.15, 0.2) is 0 Å². The summed E-state index contributed by atoms with van der Waals surface area (Å²) >= 11 is 0. The Labute approximate surface area is 130 Å². The number of amides is 1. The van der Waals surface area contributed by atoms with E-state index in [1.807, 2.05) is 13.8 Å². The molecule has 1 aromatic rings. The molecule has 1 fully saturated rings.